The van der Waals surface area contributed by atoms with Gasteiger partial charge in [0.15, 0.2) is 0 Å². The predicted molar refractivity (Wildman–Crippen MR) is 53.8 cm³/mol. The molecule has 0 bridgehead atoms. The Morgan fingerprint density at radius 1 is 1.38 bits per heavy atom. The van der Waals surface area contributed by atoms with Crippen LogP contribution in [0.1, 0.15) is 11.1 Å². The number of anilines is 1. The fraction of sp³-hybridized carbons (Fsp3) is 0.273. The van der Waals surface area contributed by atoms with E-state index in [0.29, 0.717) is 6.54 Å². The van der Waals surface area contributed by atoms with Gasteiger partial charge in [0.1, 0.15) is 0 Å². The molecule has 0 fully saturated rings. The fourth-order valence-corrected chi connectivity index (χ4v) is 1.73. The van der Waals surface area contributed by atoms with Crippen LogP contribution in [0.5, 0.6) is 0 Å². The summed E-state index contributed by atoms with van der Waals surface area (Å²) in [7, 11) is 0. The summed E-state index contributed by atoms with van der Waals surface area (Å²) in [6, 6.07) is 6.06. The Morgan fingerprint density at radius 3 is 2.92 bits per heavy atom. The second-order valence-corrected chi connectivity index (χ2v) is 3.38. The first-order chi connectivity index (χ1) is 6.29. The van der Waals surface area contributed by atoms with Crippen LogP contribution in [0.3, 0.4) is 0 Å². The van der Waals surface area contributed by atoms with Crippen molar-refractivity contribution in [2.45, 2.75) is 13.1 Å². The standard InChI is InChI=1S/C11H12N2/c1-2-5-13-7-9-3-4-11(12)6-10(9)8-13/h1,3-4,6H,5,7-8,12H2. The number of terminal acetylenes is 1. The van der Waals surface area contributed by atoms with Gasteiger partial charge in [0.25, 0.3) is 0 Å². The van der Waals surface area contributed by atoms with Gasteiger partial charge in [0.05, 0.1) is 6.54 Å². The third-order valence-electron chi connectivity index (χ3n) is 2.33. The van der Waals surface area contributed by atoms with E-state index in [2.05, 4.69) is 16.9 Å². The highest BCUT2D eigenvalue weighted by Crippen LogP contribution is 2.23. The molecule has 2 rings (SSSR count). The first kappa shape index (κ1) is 8.15. The van der Waals surface area contributed by atoms with Crippen LogP contribution in [0.4, 0.5) is 5.69 Å². The van der Waals surface area contributed by atoms with E-state index in [0.717, 1.165) is 18.8 Å². The summed E-state index contributed by atoms with van der Waals surface area (Å²) in [6.07, 6.45) is 5.26. The highest BCUT2D eigenvalue weighted by Gasteiger charge is 2.17. The van der Waals surface area contributed by atoms with E-state index < -0.39 is 0 Å². The van der Waals surface area contributed by atoms with Crippen LogP contribution in [0, 0.1) is 12.3 Å². The Kier molecular flexibility index (Phi) is 1.96. The highest BCUT2D eigenvalue weighted by molar-refractivity contribution is 5.46. The molecule has 1 aliphatic rings. The molecule has 13 heavy (non-hydrogen) atoms. The van der Waals surface area contributed by atoms with Crippen molar-refractivity contribution in [3.8, 4) is 12.3 Å². The third-order valence-corrected chi connectivity index (χ3v) is 2.33. The molecule has 0 unspecified atom stereocenters. The van der Waals surface area contributed by atoms with Crippen molar-refractivity contribution >= 4 is 5.69 Å². The number of nitrogens with zero attached hydrogens (tertiary/aromatic N) is 1. The summed E-state index contributed by atoms with van der Waals surface area (Å²) >= 11 is 0. The zero-order chi connectivity index (χ0) is 9.26. The minimum Gasteiger partial charge on any atom is -0.399 e. The van der Waals surface area contributed by atoms with E-state index >= 15 is 0 Å². The summed E-state index contributed by atoms with van der Waals surface area (Å²) in [4.78, 5) is 2.23. The SMILES string of the molecule is C#CCN1Cc2ccc(N)cc2C1. The largest absolute Gasteiger partial charge is 0.399 e. The number of nitrogen functional groups attached to an aromatic ring is 1. The van der Waals surface area contributed by atoms with Gasteiger partial charge in [0, 0.05) is 18.8 Å². The smallest absolute Gasteiger partial charge is 0.0605 e. The number of rotatable bonds is 1. The van der Waals surface area contributed by atoms with E-state index in [9.17, 15) is 0 Å². The summed E-state index contributed by atoms with van der Waals surface area (Å²) in [5.74, 6) is 2.65. The monoisotopic (exact) mass is 172 g/mol. The molecule has 0 aliphatic carbocycles. The Bertz CT molecular complexity index is 363. The van der Waals surface area contributed by atoms with Crippen LogP contribution >= 0.6 is 0 Å². The molecule has 0 atom stereocenters. The van der Waals surface area contributed by atoms with Gasteiger partial charge in [-0.05, 0) is 23.3 Å². The Hall–Kier alpha value is -1.46. The minimum absolute atomic E-state index is 0.717. The Balaban J connectivity index is 2.21. The lowest BCUT2D eigenvalue weighted by atomic mass is 10.1. The van der Waals surface area contributed by atoms with Gasteiger partial charge >= 0.3 is 0 Å². The quantitative estimate of drug-likeness (QED) is 0.509. The second-order valence-electron chi connectivity index (χ2n) is 3.38. The Labute approximate surface area is 78.3 Å². The van der Waals surface area contributed by atoms with E-state index in [-0.39, 0.29) is 0 Å². The second kappa shape index (κ2) is 3.12. The van der Waals surface area contributed by atoms with Gasteiger partial charge in [-0.15, -0.1) is 6.42 Å². The molecule has 2 nitrogen and oxygen atoms in total. The van der Waals surface area contributed by atoms with Crippen molar-refractivity contribution in [3.05, 3.63) is 29.3 Å². The average Bonchev–Trinajstić information content (AvgIpc) is 2.46. The predicted octanol–water partition coefficient (Wildman–Crippen LogP) is 1.22. The fourth-order valence-electron chi connectivity index (χ4n) is 1.73. The molecular weight excluding hydrogens is 160 g/mol. The van der Waals surface area contributed by atoms with Crippen molar-refractivity contribution in [3.63, 3.8) is 0 Å². The molecule has 0 radical (unpaired) electrons. The first-order valence-electron chi connectivity index (χ1n) is 4.32. The van der Waals surface area contributed by atoms with Crippen LogP contribution in [-0.2, 0) is 13.1 Å². The highest BCUT2D eigenvalue weighted by atomic mass is 15.1. The van der Waals surface area contributed by atoms with Crippen LogP contribution in [0.25, 0.3) is 0 Å². The van der Waals surface area contributed by atoms with Gasteiger partial charge in [-0.1, -0.05) is 12.0 Å². The lowest BCUT2D eigenvalue weighted by molar-refractivity contribution is 0.322. The molecule has 0 saturated heterocycles. The summed E-state index contributed by atoms with van der Waals surface area (Å²) in [5, 5.41) is 0. The van der Waals surface area contributed by atoms with Gasteiger partial charge in [-0.25, -0.2) is 0 Å². The molecule has 1 heterocycles. The zero-order valence-corrected chi connectivity index (χ0v) is 7.46. The average molecular weight is 172 g/mol. The van der Waals surface area contributed by atoms with Crippen molar-refractivity contribution in [1.29, 1.82) is 0 Å². The van der Waals surface area contributed by atoms with E-state index in [1.165, 1.54) is 11.1 Å². The van der Waals surface area contributed by atoms with E-state index in [1.807, 2.05) is 12.1 Å². The van der Waals surface area contributed by atoms with Crippen molar-refractivity contribution < 1.29 is 0 Å². The van der Waals surface area contributed by atoms with Crippen LogP contribution in [0.15, 0.2) is 18.2 Å². The third kappa shape index (κ3) is 1.51. The zero-order valence-electron chi connectivity index (χ0n) is 7.46. The van der Waals surface area contributed by atoms with Crippen molar-refractivity contribution in [2.24, 2.45) is 0 Å². The number of hydrogen-bond donors (Lipinski definition) is 1. The molecule has 0 amide bonds. The maximum atomic E-state index is 5.69. The number of nitrogens with two attached hydrogens (primary N) is 1. The summed E-state index contributed by atoms with van der Waals surface area (Å²) in [5.41, 5.74) is 9.19. The van der Waals surface area contributed by atoms with Crippen molar-refractivity contribution in [2.75, 3.05) is 12.3 Å². The van der Waals surface area contributed by atoms with Crippen LogP contribution in [0.2, 0.25) is 0 Å². The molecule has 66 valence electrons. The van der Waals surface area contributed by atoms with Crippen molar-refractivity contribution in [1.82, 2.24) is 4.90 Å². The molecule has 0 saturated carbocycles. The number of fused-ring (bicyclic) bond motifs is 1. The number of benzene rings is 1. The topological polar surface area (TPSA) is 29.3 Å². The lowest BCUT2D eigenvalue weighted by Gasteiger charge is -2.08. The molecule has 1 aliphatic heterocycles. The lowest BCUT2D eigenvalue weighted by Crippen LogP contribution is -2.15. The molecule has 1 aromatic rings. The van der Waals surface area contributed by atoms with Gasteiger partial charge in [-0.2, -0.15) is 0 Å². The maximum Gasteiger partial charge on any atom is 0.0605 e. The first-order valence-corrected chi connectivity index (χ1v) is 4.32. The molecule has 0 aromatic heterocycles. The normalized spacial score (nSPS) is 15.3. The maximum absolute atomic E-state index is 5.69. The summed E-state index contributed by atoms with van der Waals surface area (Å²) in [6.45, 7) is 2.61. The van der Waals surface area contributed by atoms with E-state index in [1.54, 1.807) is 0 Å². The number of hydrogen-bond acceptors (Lipinski definition) is 2. The molecule has 2 heteroatoms. The molecular formula is C11H12N2. The summed E-state index contributed by atoms with van der Waals surface area (Å²) < 4.78 is 0. The van der Waals surface area contributed by atoms with Crippen LogP contribution in [-0.4, -0.2) is 11.4 Å². The van der Waals surface area contributed by atoms with Gasteiger partial charge in [0.2, 0.25) is 0 Å². The molecule has 2 N–H and O–H groups in total. The van der Waals surface area contributed by atoms with Gasteiger partial charge in [-0.3, -0.25) is 4.90 Å². The van der Waals surface area contributed by atoms with Gasteiger partial charge < -0.3 is 5.73 Å². The minimum atomic E-state index is 0.717. The molecule has 1 aromatic carbocycles. The Morgan fingerprint density at radius 2 is 2.15 bits per heavy atom. The van der Waals surface area contributed by atoms with E-state index in [4.69, 9.17) is 12.2 Å². The molecule has 0 spiro atoms. The van der Waals surface area contributed by atoms with Crippen LogP contribution < -0.4 is 5.73 Å².